The number of methoxy groups -OCH3 is 1. The van der Waals surface area contributed by atoms with Crippen molar-refractivity contribution >= 4 is 12.0 Å². The Morgan fingerprint density at radius 3 is 2.81 bits per heavy atom. The Morgan fingerprint density at radius 2 is 2.19 bits per heavy atom. The predicted octanol–water partition coefficient (Wildman–Crippen LogP) is 3.52. The predicted molar refractivity (Wildman–Crippen MR) is 86.8 cm³/mol. The number of ether oxygens (including phenoxy) is 2. The van der Waals surface area contributed by atoms with Gasteiger partial charge in [-0.25, -0.2) is 9.98 Å². The van der Waals surface area contributed by atoms with Crippen LogP contribution in [0.25, 0.3) is 0 Å². The molecule has 0 N–H and O–H groups in total. The molecule has 0 unspecified atom stereocenters. The van der Waals surface area contributed by atoms with Gasteiger partial charge >= 0.3 is 0 Å². The van der Waals surface area contributed by atoms with E-state index in [1.807, 2.05) is 18.0 Å². The first-order valence-corrected chi connectivity index (χ1v) is 7.48. The first-order chi connectivity index (χ1) is 10.1. The van der Waals surface area contributed by atoms with Crippen molar-refractivity contribution in [1.29, 1.82) is 0 Å². The van der Waals surface area contributed by atoms with Gasteiger partial charge in [0, 0.05) is 19.7 Å². The second-order valence-corrected chi connectivity index (χ2v) is 5.40. The molecule has 118 valence electrons. The molecule has 0 radical (unpaired) electrons. The lowest BCUT2D eigenvalue weighted by Gasteiger charge is -2.11. The van der Waals surface area contributed by atoms with Crippen LogP contribution < -0.4 is 9.47 Å². The van der Waals surface area contributed by atoms with Crippen LogP contribution in [0.1, 0.15) is 33.6 Å². The van der Waals surface area contributed by atoms with Gasteiger partial charge in [0.15, 0.2) is 5.75 Å². The first-order valence-electron chi connectivity index (χ1n) is 7.48. The van der Waals surface area contributed by atoms with Gasteiger partial charge < -0.3 is 14.4 Å². The molecule has 0 saturated carbocycles. The maximum absolute atomic E-state index is 5.68. The molecule has 1 rings (SSSR count). The molecular formula is C16H27N3O2. The summed E-state index contributed by atoms with van der Waals surface area (Å²) < 4.78 is 11.0. The van der Waals surface area contributed by atoms with Crippen molar-refractivity contribution in [2.24, 2.45) is 10.9 Å². The molecule has 0 spiro atoms. The van der Waals surface area contributed by atoms with Crippen molar-refractivity contribution in [3.05, 3.63) is 12.3 Å². The molecular weight excluding hydrogens is 266 g/mol. The molecule has 0 atom stereocenters. The molecule has 0 aliphatic heterocycles. The average molecular weight is 293 g/mol. The minimum absolute atomic E-state index is 0.532. The van der Waals surface area contributed by atoms with E-state index in [0.29, 0.717) is 24.2 Å². The van der Waals surface area contributed by atoms with Crippen molar-refractivity contribution in [2.75, 3.05) is 27.3 Å². The smallest absolute Gasteiger partial charge is 0.257 e. The highest BCUT2D eigenvalue weighted by atomic mass is 16.5. The Hall–Kier alpha value is -1.78. The van der Waals surface area contributed by atoms with Gasteiger partial charge in [-0.05, 0) is 25.7 Å². The highest BCUT2D eigenvalue weighted by molar-refractivity contribution is 5.61. The number of nitrogens with zero attached hydrogens (tertiary/aromatic N) is 3. The van der Waals surface area contributed by atoms with Crippen molar-refractivity contribution in [1.82, 2.24) is 9.88 Å². The van der Waals surface area contributed by atoms with E-state index < -0.39 is 0 Å². The van der Waals surface area contributed by atoms with Gasteiger partial charge in [0.25, 0.3) is 5.88 Å². The summed E-state index contributed by atoms with van der Waals surface area (Å²) in [6, 6.07) is 1.84. The highest BCUT2D eigenvalue weighted by Crippen LogP contribution is 2.28. The molecule has 1 aromatic heterocycles. The lowest BCUT2D eigenvalue weighted by atomic mass is 10.1. The molecule has 1 heterocycles. The van der Waals surface area contributed by atoms with Gasteiger partial charge in [0.2, 0.25) is 0 Å². The average Bonchev–Trinajstić information content (AvgIpc) is 2.49. The van der Waals surface area contributed by atoms with E-state index in [0.717, 1.165) is 25.1 Å². The number of rotatable bonds is 9. The summed E-state index contributed by atoms with van der Waals surface area (Å²) in [6.45, 7) is 8.05. The number of hydrogen-bond donors (Lipinski definition) is 0. The molecule has 0 aliphatic rings. The summed E-state index contributed by atoms with van der Waals surface area (Å²) in [5.41, 5.74) is 0.752. The number of aliphatic imine (C=N–C) groups is 1. The standard InChI is InChI=1S/C16H27N3O2/c1-6-19(4)12-18-14-10-15(20-5)16(17-11-14)21-9-7-8-13(2)3/h10-13H,6-9H2,1-5H3. The molecule has 0 fully saturated rings. The van der Waals surface area contributed by atoms with Crippen LogP contribution in [0.5, 0.6) is 11.6 Å². The van der Waals surface area contributed by atoms with Crippen LogP contribution in [0.4, 0.5) is 5.69 Å². The topological polar surface area (TPSA) is 47.0 Å². The van der Waals surface area contributed by atoms with Gasteiger partial charge in [0.1, 0.15) is 0 Å². The first kappa shape index (κ1) is 17.3. The molecule has 1 aromatic rings. The van der Waals surface area contributed by atoms with E-state index in [1.54, 1.807) is 19.6 Å². The number of aromatic nitrogens is 1. The van der Waals surface area contributed by atoms with Gasteiger partial charge in [-0.3, -0.25) is 0 Å². The highest BCUT2D eigenvalue weighted by Gasteiger charge is 2.07. The summed E-state index contributed by atoms with van der Waals surface area (Å²) >= 11 is 0. The SMILES string of the molecule is CCN(C)C=Nc1cnc(OCCCC(C)C)c(OC)c1. The molecule has 21 heavy (non-hydrogen) atoms. The summed E-state index contributed by atoms with van der Waals surface area (Å²) in [5, 5.41) is 0. The van der Waals surface area contributed by atoms with Crippen molar-refractivity contribution in [2.45, 2.75) is 33.6 Å². The summed E-state index contributed by atoms with van der Waals surface area (Å²) in [7, 11) is 3.59. The zero-order valence-electron chi connectivity index (χ0n) is 13.8. The molecule has 0 aliphatic carbocycles. The zero-order chi connectivity index (χ0) is 15.7. The third kappa shape index (κ3) is 6.47. The van der Waals surface area contributed by atoms with E-state index in [2.05, 4.69) is 30.7 Å². The maximum Gasteiger partial charge on any atom is 0.257 e. The van der Waals surface area contributed by atoms with Gasteiger partial charge in [-0.2, -0.15) is 0 Å². The molecule has 0 amide bonds. The monoisotopic (exact) mass is 293 g/mol. The number of hydrogen-bond acceptors (Lipinski definition) is 4. The van der Waals surface area contributed by atoms with Crippen LogP contribution in [0.3, 0.4) is 0 Å². The van der Waals surface area contributed by atoms with Crippen LogP contribution in [-0.2, 0) is 0 Å². The van der Waals surface area contributed by atoms with E-state index in [1.165, 1.54) is 0 Å². The van der Waals surface area contributed by atoms with Crippen LogP contribution in [-0.4, -0.2) is 43.5 Å². The number of pyridine rings is 1. The quantitative estimate of drug-likeness (QED) is 0.397. The van der Waals surface area contributed by atoms with Crippen LogP contribution >= 0.6 is 0 Å². The van der Waals surface area contributed by atoms with Gasteiger partial charge in [-0.15, -0.1) is 0 Å². The Bertz CT molecular complexity index is 447. The third-order valence-electron chi connectivity index (χ3n) is 3.09. The normalized spacial score (nSPS) is 11.1. The van der Waals surface area contributed by atoms with Crippen molar-refractivity contribution in [3.8, 4) is 11.6 Å². The van der Waals surface area contributed by atoms with Crippen LogP contribution in [0.2, 0.25) is 0 Å². The third-order valence-corrected chi connectivity index (χ3v) is 3.09. The lowest BCUT2D eigenvalue weighted by molar-refractivity contribution is 0.269. The fourth-order valence-corrected chi connectivity index (χ4v) is 1.65. The van der Waals surface area contributed by atoms with Gasteiger partial charge in [0.05, 0.1) is 31.9 Å². The fourth-order valence-electron chi connectivity index (χ4n) is 1.65. The van der Waals surface area contributed by atoms with Crippen molar-refractivity contribution < 1.29 is 9.47 Å². The summed E-state index contributed by atoms with van der Waals surface area (Å²) in [4.78, 5) is 10.6. The largest absolute Gasteiger partial charge is 0.491 e. The molecule has 0 bridgehead atoms. The van der Waals surface area contributed by atoms with E-state index in [-0.39, 0.29) is 0 Å². The van der Waals surface area contributed by atoms with E-state index >= 15 is 0 Å². The van der Waals surface area contributed by atoms with E-state index in [4.69, 9.17) is 9.47 Å². The molecule has 0 aromatic carbocycles. The van der Waals surface area contributed by atoms with Crippen molar-refractivity contribution in [3.63, 3.8) is 0 Å². The summed E-state index contributed by atoms with van der Waals surface area (Å²) in [6.07, 6.45) is 5.64. The Labute approximate surface area is 128 Å². The van der Waals surface area contributed by atoms with E-state index in [9.17, 15) is 0 Å². The molecule has 0 saturated heterocycles. The lowest BCUT2D eigenvalue weighted by Crippen LogP contribution is -2.14. The molecule has 5 heteroatoms. The Balaban J connectivity index is 2.64. The Morgan fingerprint density at radius 1 is 1.43 bits per heavy atom. The van der Waals surface area contributed by atoms with Crippen LogP contribution in [0.15, 0.2) is 17.3 Å². The maximum atomic E-state index is 5.68. The fraction of sp³-hybridized carbons (Fsp3) is 0.625. The minimum Gasteiger partial charge on any atom is -0.491 e. The minimum atomic E-state index is 0.532. The second-order valence-electron chi connectivity index (χ2n) is 5.40. The molecule has 5 nitrogen and oxygen atoms in total. The second kappa shape index (κ2) is 9.21. The zero-order valence-corrected chi connectivity index (χ0v) is 13.8. The Kier molecular flexibility index (Phi) is 7.58. The summed E-state index contributed by atoms with van der Waals surface area (Å²) in [5.74, 6) is 1.84. The van der Waals surface area contributed by atoms with Crippen LogP contribution in [0, 0.1) is 5.92 Å². The van der Waals surface area contributed by atoms with Gasteiger partial charge in [-0.1, -0.05) is 13.8 Å².